The zero-order valence-electron chi connectivity index (χ0n) is 11.7. The Bertz CT molecular complexity index is 468. The predicted molar refractivity (Wildman–Crippen MR) is 82.8 cm³/mol. The molecule has 1 aromatic rings. The maximum Gasteiger partial charge on any atom is 0.337 e. The SMILES string of the molecule is CNC1CCN(Cc2cc(C(=O)OC)ccc2Cl)C1.Cl. The Hall–Kier alpha value is -0.810. The largest absolute Gasteiger partial charge is 0.465 e. The summed E-state index contributed by atoms with van der Waals surface area (Å²) < 4.78 is 4.73. The van der Waals surface area contributed by atoms with Crippen LogP contribution >= 0.6 is 24.0 Å². The first-order valence-corrected chi connectivity index (χ1v) is 6.78. The summed E-state index contributed by atoms with van der Waals surface area (Å²) in [6.07, 6.45) is 1.14. The van der Waals surface area contributed by atoms with Crippen LogP contribution in [0.4, 0.5) is 0 Å². The first kappa shape index (κ1) is 17.2. The Kier molecular flexibility index (Phi) is 6.76. The summed E-state index contributed by atoms with van der Waals surface area (Å²) in [7, 11) is 3.37. The molecule has 1 unspecified atom stereocenters. The highest BCUT2D eigenvalue weighted by molar-refractivity contribution is 6.31. The van der Waals surface area contributed by atoms with E-state index in [2.05, 4.69) is 10.2 Å². The van der Waals surface area contributed by atoms with E-state index in [0.29, 0.717) is 16.6 Å². The van der Waals surface area contributed by atoms with E-state index in [0.717, 1.165) is 31.6 Å². The summed E-state index contributed by atoms with van der Waals surface area (Å²) in [5.74, 6) is -0.326. The van der Waals surface area contributed by atoms with Gasteiger partial charge in [0.05, 0.1) is 12.7 Å². The molecule has 1 aliphatic rings. The summed E-state index contributed by atoms with van der Waals surface area (Å²) in [5.41, 5.74) is 1.52. The summed E-state index contributed by atoms with van der Waals surface area (Å²) in [4.78, 5) is 13.9. The summed E-state index contributed by atoms with van der Waals surface area (Å²) in [5, 5.41) is 3.98. The van der Waals surface area contributed by atoms with Crippen molar-refractivity contribution in [3.8, 4) is 0 Å². The number of methoxy groups -OCH3 is 1. The Balaban J connectivity index is 0.00000200. The van der Waals surface area contributed by atoms with Gasteiger partial charge >= 0.3 is 5.97 Å². The third kappa shape index (κ3) is 4.09. The molecule has 6 heteroatoms. The van der Waals surface area contributed by atoms with Gasteiger partial charge in [0.25, 0.3) is 0 Å². The zero-order chi connectivity index (χ0) is 13.8. The number of benzene rings is 1. The number of rotatable bonds is 4. The molecule has 0 saturated carbocycles. The average molecular weight is 319 g/mol. The van der Waals surface area contributed by atoms with Crippen molar-refractivity contribution in [2.45, 2.75) is 19.0 Å². The molecule has 0 aromatic heterocycles. The van der Waals surface area contributed by atoms with Crippen molar-refractivity contribution in [3.05, 3.63) is 34.3 Å². The van der Waals surface area contributed by atoms with Crippen LogP contribution in [0, 0.1) is 0 Å². The van der Waals surface area contributed by atoms with Crippen LogP contribution in [0.3, 0.4) is 0 Å². The molecule has 0 radical (unpaired) electrons. The van der Waals surface area contributed by atoms with Crippen molar-refractivity contribution in [2.75, 3.05) is 27.2 Å². The number of carbonyl (C=O) groups excluding carboxylic acids is 1. The molecule has 112 valence electrons. The first-order valence-electron chi connectivity index (χ1n) is 6.40. The van der Waals surface area contributed by atoms with Crippen molar-refractivity contribution < 1.29 is 9.53 Å². The lowest BCUT2D eigenvalue weighted by atomic mass is 10.1. The second-order valence-electron chi connectivity index (χ2n) is 4.81. The summed E-state index contributed by atoms with van der Waals surface area (Å²) in [6.45, 7) is 2.82. The third-order valence-corrected chi connectivity index (χ3v) is 3.91. The van der Waals surface area contributed by atoms with Gasteiger partial charge in [-0.1, -0.05) is 11.6 Å². The fourth-order valence-electron chi connectivity index (χ4n) is 2.39. The lowest BCUT2D eigenvalue weighted by Crippen LogP contribution is -2.29. The maximum atomic E-state index is 11.5. The Morgan fingerprint density at radius 2 is 2.30 bits per heavy atom. The van der Waals surface area contributed by atoms with Crippen LogP contribution in [0.15, 0.2) is 18.2 Å². The number of esters is 1. The van der Waals surface area contributed by atoms with Gasteiger partial charge in [0.15, 0.2) is 0 Å². The van der Waals surface area contributed by atoms with Crippen LogP contribution < -0.4 is 5.32 Å². The van der Waals surface area contributed by atoms with E-state index in [-0.39, 0.29) is 18.4 Å². The predicted octanol–water partition coefficient (Wildman–Crippen LogP) is 2.34. The number of nitrogens with zero attached hydrogens (tertiary/aromatic N) is 1. The van der Waals surface area contributed by atoms with Crippen LogP contribution in [0.25, 0.3) is 0 Å². The highest BCUT2D eigenvalue weighted by Gasteiger charge is 2.21. The number of nitrogens with one attached hydrogen (secondary N) is 1. The van der Waals surface area contributed by atoms with Gasteiger partial charge < -0.3 is 10.1 Å². The number of carbonyl (C=O) groups is 1. The van der Waals surface area contributed by atoms with E-state index < -0.39 is 0 Å². The van der Waals surface area contributed by atoms with Gasteiger partial charge in [-0.2, -0.15) is 0 Å². The van der Waals surface area contributed by atoms with Crippen LogP contribution in [0.1, 0.15) is 22.3 Å². The Labute approximate surface area is 130 Å². The molecule has 0 amide bonds. The van der Waals surface area contributed by atoms with Gasteiger partial charge in [-0.05, 0) is 37.2 Å². The number of ether oxygens (including phenoxy) is 1. The molecule has 1 saturated heterocycles. The molecule has 20 heavy (non-hydrogen) atoms. The van der Waals surface area contributed by atoms with Crippen LogP contribution in [0.5, 0.6) is 0 Å². The molecule has 4 nitrogen and oxygen atoms in total. The molecular weight excluding hydrogens is 299 g/mol. The molecule has 0 bridgehead atoms. The molecule has 1 aliphatic heterocycles. The monoisotopic (exact) mass is 318 g/mol. The first-order chi connectivity index (χ1) is 9.13. The molecule has 1 heterocycles. The van der Waals surface area contributed by atoms with E-state index >= 15 is 0 Å². The molecule has 0 spiro atoms. The normalized spacial score (nSPS) is 18.6. The molecule has 0 aliphatic carbocycles. The van der Waals surface area contributed by atoms with Crippen molar-refractivity contribution >= 4 is 30.0 Å². The fraction of sp³-hybridized carbons (Fsp3) is 0.500. The summed E-state index contributed by atoms with van der Waals surface area (Å²) >= 11 is 6.20. The summed E-state index contributed by atoms with van der Waals surface area (Å²) in [6, 6.07) is 5.82. The lowest BCUT2D eigenvalue weighted by molar-refractivity contribution is 0.0600. The standard InChI is InChI=1S/C14H19ClN2O2.ClH/c1-16-12-5-6-17(9-12)8-11-7-10(14(18)19-2)3-4-13(11)15;/h3-4,7,12,16H,5-6,8-9H2,1-2H3;1H. The fourth-order valence-corrected chi connectivity index (χ4v) is 2.57. The van der Waals surface area contributed by atoms with Crippen molar-refractivity contribution in [2.24, 2.45) is 0 Å². The van der Waals surface area contributed by atoms with Gasteiger partial charge in [0.2, 0.25) is 0 Å². The second-order valence-corrected chi connectivity index (χ2v) is 5.21. The number of hydrogen-bond acceptors (Lipinski definition) is 4. The number of likely N-dealkylation sites (tertiary alicyclic amines) is 1. The van der Waals surface area contributed by atoms with E-state index in [4.69, 9.17) is 16.3 Å². The average Bonchev–Trinajstić information content (AvgIpc) is 2.88. The number of hydrogen-bond donors (Lipinski definition) is 1. The molecule has 1 fully saturated rings. The lowest BCUT2D eigenvalue weighted by Gasteiger charge is -2.17. The van der Waals surface area contributed by atoms with Gasteiger partial charge in [-0.25, -0.2) is 4.79 Å². The second kappa shape index (κ2) is 7.84. The van der Waals surface area contributed by atoms with E-state index in [9.17, 15) is 4.79 Å². The maximum absolute atomic E-state index is 11.5. The highest BCUT2D eigenvalue weighted by atomic mass is 35.5. The van der Waals surface area contributed by atoms with Gasteiger partial charge in [0, 0.05) is 30.7 Å². The minimum absolute atomic E-state index is 0. The van der Waals surface area contributed by atoms with Crippen molar-refractivity contribution in [1.82, 2.24) is 10.2 Å². The topological polar surface area (TPSA) is 41.6 Å². The Morgan fingerprint density at radius 1 is 1.55 bits per heavy atom. The van der Waals surface area contributed by atoms with E-state index in [1.54, 1.807) is 12.1 Å². The van der Waals surface area contributed by atoms with Gasteiger partial charge in [0.1, 0.15) is 0 Å². The molecule has 1 N–H and O–H groups in total. The van der Waals surface area contributed by atoms with Gasteiger partial charge in [-0.15, -0.1) is 12.4 Å². The van der Waals surface area contributed by atoms with E-state index in [1.165, 1.54) is 7.11 Å². The molecular formula is C14H20Cl2N2O2. The number of halogens is 2. The Morgan fingerprint density at radius 3 is 2.90 bits per heavy atom. The van der Waals surface area contributed by atoms with E-state index in [1.807, 2.05) is 13.1 Å². The minimum Gasteiger partial charge on any atom is -0.465 e. The smallest absolute Gasteiger partial charge is 0.337 e. The van der Waals surface area contributed by atoms with Gasteiger partial charge in [-0.3, -0.25) is 4.90 Å². The van der Waals surface area contributed by atoms with Crippen LogP contribution in [-0.2, 0) is 11.3 Å². The minimum atomic E-state index is -0.326. The van der Waals surface area contributed by atoms with Crippen molar-refractivity contribution in [1.29, 1.82) is 0 Å². The molecule has 1 aromatic carbocycles. The quantitative estimate of drug-likeness (QED) is 0.865. The zero-order valence-corrected chi connectivity index (χ0v) is 13.3. The number of likely N-dealkylation sites (N-methyl/N-ethyl adjacent to an activating group) is 1. The van der Waals surface area contributed by atoms with Crippen molar-refractivity contribution in [3.63, 3.8) is 0 Å². The van der Waals surface area contributed by atoms with Crippen LogP contribution in [0.2, 0.25) is 5.02 Å². The third-order valence-electron chi connectivity index (χ3n) is 3.54. The molecule has 2 rings (SSSR count). The highest BCUT2D eigenvalue weighted by Crippen LogP contribution is 2.22. The molecule has 1 atom stereocenters. The van der Waals surface area contributed by atoms with Crippen LogP contribution in [-0.4, -0.2) is 44.2 Å².